The molecule has 0 unspecified atom stereocenters. The molecule has 0 aromatic carbocycles. The van der Waals surface area contributed by atoms with Crippen LogP contribution in [0.15, 0.2) is 92.7 Å². The lowest BCUT2D eigenvalue weighted by atomic mass is 10.2. The maximum atomic E-state index is 6.05. The predicted octanol–water partition coefficient (Wildman–Crippen LogP) is 5.70. The number of halogens is 1. The number of hydrogen-bond donors (Lipinski definition) is 0. The zero-order valence-corrected chi connectivity index (χ0v) is 19.6. The molecule has 33 heavy (non-hydrogen) atoms. The van der Waals surface area contributed by atoms with Crippen molar-refractivity contribution in [3.05, 3.63) is 107 Å². The van der Waals surface area contributed by atoms with E-state index in [-0.39, 0.29) is 0 Å². The van der Waals surface area contributed by atoms with E-state index in [1.807, 2.05) is 43.3 Å². The minimum Gasteiger partial charge on any atom is -0.478 e. The lowest BCUT2D eigenvalue weighted by molar-refractivity contribution is 0.0473. The molecular formula is C26H29ClN2O4. The minimum absolute atomic E-state index is 0.477. The molecule has 1 saturated heterocycles. The Balaban J connectivity index is 1.31. The maximum absolute atomic E-state index is 6.05. The van der Waals surface area contributed by atoms with Crippen LogP contribution in [-0.4, -0.2) is 36.4 Å². The second kappa shape index (κ2) is 10.8. The van der Waals surface area contributed by atoms with Gasteiger partial charge in [-0.2, -0.15) is 0 Å². The van der Waals surface area contributed by atoms with Crippen molar-refractivity contribution in [3.63, 3.8) is 0 Å². The molecule has 0 aliphatic carbocycles. The first-order chi connectivity index (χ1) is 16.1. The average molecular weight is 469 g/mol. The fraction of sp³-hybridized carbons (Fsp3) is 0.308. The molecular weight excluding hydrogens is 440 g/mol. The smallest absolute Gasteiger partial charge is 0.142 e. The fourth-order valence-corrected chi connectivity index (χ4v) is 4.15. The van der Waals surface area contributed by atoms with Gasteiger partial charge in [0.25, 0.3) is 0 Å². The summed E-state index contributed by atoms with van der Waals surface area (Å²) in [5.74, 6) is 5.04. The molecule has 2 aliphatic heterocycles. The van der Waals surface area contributed by atoms with Crippen LogP contribution in [0.1, 0.15) is 30.0 Å². The highest BCUT2D eigenvalue weighted by Crippen LogP contribution is 2.24. The third-order valence-corrected chi connectivity index (χ3v) is 5.85. The molecule has 0 saturated carbocycles. The first-order valence-corrected chi connectivity index (χ1v) is 11.3. The van der Waals surface area contributed by atoms with E-state index in [9.17, 15) is 0 Å². The van der Waals surface area contributed by atoms with Crippen molar-refractivity contribution in [2.24, 2.45) is 0 Å². The first kappa shape index (κ1) is 23.2. The summed E-state index contributed by atoms with van der Waals surface area (Å²) in [4.78, 5) is 4.32. The van der Waals surface area contributed by atoms with Gasteiger partial charge in [0.05, 0.1) is 19.5 Å². The molecule has 4 heterocycles. The SMILES string of the molecule is C=CC1=C(C=C)OCN(Cc2ccc(Cc3ccc(CN4COC(=C/Cl)/C(=C\C)C4)o3)o2)C1. The zero-order chi connectivity index (χ0) is 23.2. The van der Waals surface area contributed by atoms with Crippen LogP contribution in [0.5, 0.6) is 0 Å². The van der Waals surface area contributed by atoms with Crippen molar-refractivity contribution >= 4 is 11.6 Å². The number of ether oxygens (including phenoxy) is 2. The lowest BCUT2D eigenvalue weighted by Gasteiger charge is -2.29. The summed E-state index contributed by atoms with van der Waals surface area (Å²) < 4.78 is 23.6. The monoisotopic (exact) mass is 468 g/mol. The Bertz CT molecular complexity index is 1090. The maximum Gasteiger partial charge on any atom is 0.142 e. The Hall–Kier alpha value is -2.93. The van der Waals surface area contributed by atoms with Crippen LogP contribution in [0.4, 0.5) is 0 Å². The molecule has 4 rings (SSSR count). The van der Waals surface area contributed by atoms with Crippen LogP contribution in [0.25, 0.3) is 0 Å². The van der Waals surface area contributed by atoms with E-state index in [1.54, 1.807) is 6.08 Å². The van der Waals surface area contributed by atoms with Gasteiger partial charge in [0, 0.05) is 29.8 Å². The Kier molecular flexibility index (Phi) is 7.60. The minimum atomic E-state index is 0.477. The summed E-state index contributed by atoms with van der Waals surface area (Å²) in [6.07, 6.45) is 6.16. The standard InChI is InChI=1S/C26H29ClN2O4/c1-4-19-13-28(17-30-25(19)6-3)15-23-9-7-21(32-23)11-22-8-10-24(33-22)16-29-14-20(5-2)26(12-27)31-18-29/h4-10,12H,1,3,11,13-18H2,2H3/b20-5-,26-12+. The van der Waals surface area contributed by atoms with Gasteiger partial charge in [-0.15, -0.1) is 0 Å². The van der Waals surface area contributed by atoms with Gasteiger partial charge in [-0.05, 0) is 37.3 Å². The van der Waals surface area contributed by atoms with Gasteiger partial charge in [0.1, 0.15) is 48.0 Å². The molecule has 0 spiro atoms. The van der Waals surface area contributed by atoms with Crippen molar-refractivity contribution in [3.8, 4) is 0 Å². The van der Waals surface area contributed by atoms with Crippen LogP contribution in [0, 0.1) is 0 Å². The largest absolute Gasteiger partial charge is 0.478 e. The van der Waals surface area contributed by atoms with E-state index in [0.717, 1.165) is 58.8 Å². The summed E-state index contributed by atoms with van der Waals surface area (Å²) in [5.41, 5.74) is 3.59. The van der Waals surface area contributed by atoms with Crippen molar-refractivity contribution in [2.45, 2.75) is 26.4 Å². The molecule has 1 fully saturated rings. The molecule has 2 aromatic heterocycles. The van der Waals surface area contributed by atoms with Crippen molar-refractivity contribution in [2.75, 3.05) is 26.6 Å². The second-order valence-corrected chi connectivity index (χ2v) is 8.24. The number of allylic oxidation sites excluding steroid dienone is 2. The third-order valence-electron chi connectivity index (χ3n) is 5.65. The van der Waals surface area contributed by atoms with Crippen LogP contribution < -0.4 is 0 Å². The predicted molar refractivity (Wildman–Crippen MR) is 128 cm³/mol. The van der Waals surface area contributed by atoms with Crippen LogP contribution >= 0.6 is 11.6 Å². The van der Waals surface area contributed by atoms with Crippen molar-refractivity contribution in [1.82, 2.24) is 9.80 Å². The van der Waals surface area contributed by atoms with Crippen LogP contribution in [-0.2, 0) is 29.0 Å². The topological polar surface area (TPSA) is 51.2 Å². The molecule has 0 amide bonds. The van der Waals surface area contributed by atoms with Crippen LogP contribution in [0.3, 0.4) is 0 Å². The molecule has 2 aliphatic rings. The van der Waals surface area contributed by atoms with Crippen molar-refractivity contribution < 1.29 is 18.3 Å². The van der Waals surface area contributed by atoms with Gasteiger partial charge in [0.15, 0.2) is 0 Å². The zero-order valence-electron chi connectivity index (χ0n) is 18.9. The normalized spacial score (nSPS) is 20.2. The molecule has 7 heteroatoms. The Labute approximate surface area is 199 Å². The summed E-state index contributed by atoms with van der Waals surface area (Å²) >= 11 is 5.83. The molecule has 174 valence electrons. The molecule has 6 nitrogen and oxygen atoms in total. The molecule has 0 N–H and O–H groups in total. The summed E-state index contributed by atoms with van der Waals surface area (Å²) in [7, 11) is 0. The van der Waals surface area contributed by atoms with Gasteiger partial charge in [-0.3, -0.25) is 9.80 Å². The van der Waals surface area contributed by atoms with Crippen LogP contribution in [0.2, 0.25) is 0 Å². The highest BCUT2D eigenvalue weighted by atomic mass is 35.5. The fourth-order valence-electron chi connectivity index (χ4n) is 3.95. The van der Waals surface area contributed by atoms with E-state index >= 15 is 0 Å². The van der Waals surface area contributed by atoms with Crippen molar-refractivity contribution in [1.29, 1.82) is 0 Å². The van der Waals surface area contributed by atoms with Gasteiger partial charge >= 0.3 is 0 Å². The van der Waals surface area contributed by atoms with E-state index < -0.39 is 0 Å². The molecule has 0 bridgehead atoms. The summed E-state index contributed by atoms with van der Waals surface area (Å²) in [6.45, 7) is 13.4. The lowest BCUT2D eigenvalue weighted by Crippen LogP contribution is -2.33. The average Bonchev–Trinajstić information content (AvgIpc) is 3.48. The van der Waals surface area contributed by atoms with E-state index in [4.69, 9.17) is 29.9 Å². The number of furan rings is 2. The van der Waals surface area contributed by atoms with E-state index in [0.29, 0.717) is 33.0 Å². The Morgan fingerprint density at radius 1 is 0.879 bits per heavy atom. The highest BCUT2D eigenvalue weighted by molar-refractivity contribution is 6.25. The Morgan fingerprint density at radius 2 is 1.48 bits per heavy atom. The van der Waals surface area contributed by atoms with Gasteiger partial charge < -0.3 is 18.3 Å². The van der Waals surface area contributed by atoms with E-state index in [1.165, 1.54) is 5.54 Å². The third kappa shape index (κ3) is 5.71. The summed E-state index contributed by atoms with van der Waals surface area (Å²) in [5, 5.41) is 0. The highest BCUT2D eigenvalue weighted by Gasteiger charge is 2.21. The van der Waals surface area contributed by atoms with Gasteiger partial charge in [-0.25, -0.2) is 0 Å². The summed E-state index contributed by atoms with van der Waals surface area (Å²) in [6, 6.07) is 8.01. The van der Waals surface area contributed by atoms with Gasteiger partial charge in [-0.1, -0.05) is 36.9 Å². The number of nitrogens with zero attached hydrogens (tertiary/aromatic N) is 2. The molecule has 0 radical (unpaired) electrons. The molecule has 0 atom stereocenters. The quantitative estimate of drug-likeness (QED) is 0.495. The van der Waals surface area contributed by atoms with Gasteiger partial charge in [0.2, 0.25) is 0 Å². The van der Waals surface area contributed by atoms with E-state index in [2.05, 4.69) is 23.0 Å². The second-order valence-electron chi connectivity index (χ2n) is 8.02. The Morgan fingerprint density at radius 3 is 2.06 bits per heavy atom. The first-order valence-electron chi connectivity index (χ1n) is 10.9. The molecule has 2 aromatic rings. The number of hydrogen-bond acceptors (Lipinski definition) is 6. The number of rotatable bonds is 8.